The molecule has 18 heavy (non-hydrogen) atoms. The van der Waals surface area contributed by atoms with E-state index < -0.39 is 6.04 Å². The number of fused-ring (bicyclic) bond motifs is 1. The van der Waals surface area contributed by atoms with Crippen molar-refractivity contribution in [2.24, 2.45) is 5.73 Å². The van der Waals surface area contributed by atoms with Crippen molar-refractivity contribution in [3.05, 3.63) is 36.0 Å². The molecule has 1 heterocycles. The Labute approximate surface area is 105 Å². The molecular formula is C13H17N3O2. The largest absolute Gasteiger partial charge is 0.361 e. The fourth-order valence-corrected chi connectivity index (χ4v) is 1.85. The number of nitrogens with one attached hydrogen (secondary N) is 2. The maximum Gasteiger partial charge on any atom is 0.260 e. The highest BCUT2D eigenvalue weighted by atomic mass is 16.6. The van der Waals surface area contributed by atoms with Gasteiger partial charge in [-0.15, -0.1) is 0 Å². The number of carbonyl (C=O) groups is 1. The summed E-state index contributed by atoms with van der Waals surface area (Å²) in [5.41, 5.74) is 10.2. The molecule has 0 unspecified atom stereocenters. The maximum absolute atomic E-state index is 11.6. The number of hydrogen-bond donors (Lipinski definition) is 3. The monoisotopic (exact) mass is 247 g/mol. The van der Waals surface area contributed by atoms with Crippen molar-refractivity contribution in [2.45, 2.75) is 19.4 Å². The summed E-state index contributed by atoms with van der Waals surface area (Å²) in [6.45, 7) is 2.22. The van der Waals surface area contributed by atoms with Crippen LogP contribution < -0.4 is 11.2 Å². The zero-order valence-electron chi connectivity index (χ0n) is 10.3. The van der Waals surface area contributed by atoms with E-state index in [0.717, 1.165) is 16.5 Å². The third kappa shape index (κ3) is 2.69. The van der Waals surface area contributed by atoms with E-state index in [1.54, 1.807) is 6.92 Å². The summed E-state index contributed by atoms with van der Waals surface area (Å²) in [4.78, 5) is 19.6. The number of hydrogen-bond acceptors (Lipinski definition) is 3. The molecule has 0 aliphatic heterocycles. The Kier molecular flexibility index (Phi) is 3.96. The number of para-hydroxylation sites is 1. The first-order chi connectivity index (χ1) is 8.72. The van der Waals surface area contributed by atoms with Gasteiger partial charge in [-0.1, -0.05) is 18.2 Å². The summed E-state index contributed by atoms with van der Waals surface area (Å²) in [5.74, 6) is -0.304. The van der Waals surface area contributed by atoms with Gasteiger partial charge in [-0.25, -0.2) is 5.48 Å². The van der Waals surface area contributed by atoms with E-state index in [9.17, 15) is 4.79 Å². The van der Waals surface area contributed by atoms with Gasteiger partial charge in [0.25, 0.3) is 5.91 Å². The number of carbonyl (C=O) groups excluding carboxylic acids is 1. The topological polar surface area (TPSA) is 80.1 Å². The minimum absolute atomic E-state index is 0.304. The zero-order valence-corrected chi connectivity index (χ0v) is 10.3. The van der Waals surface area contributed by atoms with Crippen molar-refractivity contribution in [3.63, 3.8) is 0 Å². The quantitative estimate of drug-likeness (QED) is 0.692. The molecule has 1 amide bonds. The molecular weight excluding hydrogens is 230 g/mol. The predicted molar refractivity (Wildman–Crippen MR) is 69.7 cm³/mol. The van der Waals surface area contributed by atoms with Crippen LogP contribution in [0.2, 0.25) is 0 Å². The van der Waals surface area contributed by atoms with Gasteiger partial charge in [-0.2, -0.15) is 0 Å². The Hall–Kier alpha value is -1.85. The number of hydroxylamine groups is 1. The van der Waals surface area contributed by atoms with Crippen molar-refractivity contribution in [1.29, 1.82) is 0 Å². The Morgan fingerprint density at radius 2 is 2.28 bits per heavy atom. The van der Waals surface area contributed by atoms with E-state index in [-0.39, 0.29) is 5.91 Å². The lowest BCUT2D eigenvalue weighted by atomic mass is 10.1. The standard InChI is InChI=1S/C13H17N3O2/c1-2-18-16-13(17)11(14)7-9-8-15-12-6-4-3-5-10(9)12/h3-6,8,11,15H,2,7,14H2,1H3,(H,16,17)/t11-/m1/s1. The van der Waals surface area contributed by atoms with Crippen LogP contribution in [0.4, 0.5) is 0 Å². The lowest BCUT2D eigenvalue weighted by Gasteiger charge is -2.10. The van der Waals surface area contributed by atoms with Gasteiger partial charge in [0.1, 0.15) is 0 Å². The number of aromatic nitrogens is 1. The fourth-order valence-electron chi connectivity index (χ4n) is 1.85. The molecule has 0 saturated heterocycles. The SMILES string of the molecule is CCONC(=O)[C@H](N)Cc1c[nH]c2ccccc12. The molecule has 96 valence electrons. The number of benzene rings is 1. The highest BCUT2D eigenvalue weighted by molar-refractivity contribution is 5.85. The minimum atomic E-state index is -0.615. The number of nitrogens with two attached hydrogens (primary N) is 1. The van der Waals surface area contributed by atoms with Crippen molar-refractivity contribution >= 4 is 16.8 Å². The molecule has 0 bridgehead atoms. The van der Waals surface area contributed by atoms with E-state index >= 15 is 0 Å². The molecule has 0 aliphatic carbocycles. The van der Waals surface area contributed by atoms with Gasteiger partial charge in [0.2, 0.25) is 0 Å². The maximum atomic E-state index is 11.6. The predicted octanol–water partition coefficient (Wildman–Crippen LogP) is 1.11. The second-order valence-corrected chi connectivity index (χ2v) is 4.07. The minimum Gasteiger partial charge on any atom is -0.361 e. The summed E-state index contributed by atoms with van der Waals surface area (Å²) in [6, 6.07) is 7.31. The smallest absolute Gasteiger partial charge is 0.260 e. The summed E-state index contributed by atoms with van der Waals surface area (Å²) in [6.07, 6.45) is 2.36. The molecule has 0 radical (unpaired) electrons. The summed E-state index contributed by atoms with van der Waals surface area (Å²) >= 11 is 0. The molecule has 0 fully saturated rings. The van der Waals surface area contributed by atoms with Crippen molar-refractivity contribution in [2.75, 3.05) is 6.61 Å². The van der Waals surface area contributed by atoms with Gasteiger partial charge in [0.05, 0.1) is 12.6 Å². The molecule has 1 aromatic heterocycles. The first kappa shape index (κ1) is 12.6. The average molecular weight is 247 g/mol. The Balaban J connectivity index is 2.07. The zero-order chi connectivity index (χ0) is 13.0. The summed E-state index contributed by atoms with van der Waals surface area (Å²) < 4.78 is 0. The molecule has 5 heteroatoms. The van der Waals surface area contributed by atoms with Gasteiger partial charge in [-0.3, -0.25) is 9.63 Å². The van der Waals surface area contributed by atoms with E-state index in [4.69, 9.17) is 10.6 Å². The van der Waals surface area contributed by atoms with Gasteiger partial charge in [0.15, 0.2) is 0 Å². The Bertz CT molecular complexity index is 536. The molecule has 0 saturated carbocycles. The van der Waals surface area contributed by atoms with Crippen LogP contribution in [0, 0.1) is 0 Å². The first-order valence-electron chi connectivity index (χ1n) is 5.94. The van der Waals surface area contributed by atoms with Crippen LogP contribution in [0.25, 0.3) is 10.9 Å². The van der Waals surface area contributed by atoms with Gasteiger partial charge in [-0.05, 0) is 25.0 Å². The second-order valence-electron chi connectivity index (χ2n) is 4.07. The highest BCUT2D eigenvalue weighted by Gasteiger charge is 2.15. The average Bonchev–Trinajstić information content (AvgIpc) is 2.79. The van der Waals surface area contributed by atoms with E-state index in [1.165, 1.54) is 0 Å². The van der Waals surface area contributed by atoms with Gasteiger partial charge >= 0.3 is 0 Å². The van der Waals surface area contributed by atoms with E-state index in [0.29, 0.717) is 13.0 Å². The second kappa shape index (κ2) is 5.66. The number of rotatable bonds is 5. The summed E-state index contributed by atoms with van der Waals surface area (Å²) in [7, 11) is 0. The van der Waals surface area contributed by atoms with Crippen LogP contribution in [0.3, 0.4) is 0 Å². The van der Waals surface area contributed by atoms with Crippen LogP contribution in [0.5, 0.6) is 0 Å². The highest BCUT2D eigenvalue weighted by Crippen LogP contribution is 2.18. The Morgan fingerprint density at radius 3 is 3.06 bits per heavy atom. The fraction of sp³-hybridized carbons (Fsp3) is 0.308. The van der Waals surface area contributed by atoms with Crippen LogP contribution >= 0.6 is 0 Å². The lowest BCUT2D eigenvalue weighted by molar-refractivity contribution is -0.134. The molecule has 2 rings (SSSR count). The van der Waals surface area contributed by atoms with E-state index in [1.807, 2.05) is 30.5 Å². The van der Waals surface area contributed by atoms with Crippen molar-refractivity contribution < 1.29 is 9.63 Å². The van der Waals surface area contributed by atoms with Crippen LogP contribution in [0.1, 0.15) is 12.5 Å². The molecule has 5 nitrogen and oxygen atoms in total. The number of aromatic amines is 1. The molecule has 1 aromatic carbocycles. The molecule has 0 spiro atoms. The van der Waals surface area contributed by atoms with Crippen molar-refractivity contribution in [1.82, 2.24) is 10.5 Å². The third-order valence-corrected chi connectivity index (χ3v) is 2.77. The molecule has 4 N–H and O–H groups in total. The van der Waals surface area contributed by atoms with Crippen molar-refractivity contribution in [3.8, 4) is 0 Å². The molecule has 0 aliphatic rings. The Morgan fingerprint density at radius 1 is 1.50 bits per heavy atom. The van der Waals surface area contributed by atoms with E-state index in [2.05, 4.69) is 10.5 Å². The number of amides is 1. The van der Waals surface area contributed by atoms with Crippen LogP contribution in [-0.4, -0.2) is 23.5 Å². The normalized spacial score (nSPS) is 12.6. The third-order valence-electron chi connectivity index (χ3n) is 2.77. The van der Waals surface area contributed by atoms with Gasteiger partial charge < -0.3 is 10.7 Å². The molecule has 1 atom stereocenters. The van der Waals surface area contributed by atoms with Crippen LogP contribution in [0.15, 0.2) is 30.5 Å². The van der Waals surface area contributed by atoms with Gasteiger partial charge in [0, 0.05) is 17.1 Å². The lowest BCUT2D eigenvalue weighted by Crippen LogP contribution is -2.41. The number of H-pyrrole nitrogens is 1. The summed E-state index contributed by atoms with van der Waals surface area (Å²) in [5, 5.41) is 1.09. The molecule has 2 aromatic rings. The first-order valence-corrected chi connectivity index (χ1v) is 5.94. The van der Waals surface area contributed by atoms with Crippen LogP contribution in [-0.2, 0) is 16.1 Å².